The molecule has 0 fully saturated rings. The molecule has 1 aromatic heterocycles. The van der Waals surface area contributed by atoms with E-state index in [-0.39, 0.29) is 13.0 Å². The van der Waals surface area contributed by atoms with Gasteiger partial charge in [-0.1, -0.05) is 13.0 Å². The van der Waals surface area contributed by atoms with Gasteiger partial charge in [0.05, 0.1) is 11.6 Å². The first-order valence-electron chi connectivity index (χ1n) is 9.32. The number of hydrogen-bond acceptors (Lipinski definition) is 4. The summed E-state index contributed by atoms with van der Waals surface area (Å²) in [5.41, 5.74) is 5.21. The third-order valence-corrected chi connectivity index (χ3v) is 5.06. The molecule has 0 amide bonds. The van der Waals surface area contributed by atoms with Gasteiger partial charge < -0.3 is 14.3 Å². The van der Waals surface area contributed by atoms with Gasteiger partial charge in [-0.2, -0.15) is 5.26 Å². The van der Waals surface area contributed by atoms with Gasteiger partial charge in [-0.05, 0) is 61.2 Å². The number of ether oxygens (including phenoxy) is 1. The minimum absolute atomic E-state index is 0.109. The predicted octanol–water partition coefficient (Wildman–Crippen LogP) is 5.08. The average Bonchev–Trinajstić information content (AvgIpc) is 3.11. The molecular weight excluding hydrogens is 354 g/mol. The second-order valence-corrected chi connectivity index (χ2v) is 6.89. The van der Waals surface area contributed by atoms with Gasteiger partial charge in [0.25, 0.3) is 0 Å². The van der Waals surface area contributed by atoms with Crippen molar-refractivity contribution in [3.05, 3.63) is 63.9 Å². The van der Waals surface area contributed by atoms with Gasteiger partial charge in [0.2, 0.25) is 0 Å². The summed E-state index contributed by atoms with van der Waals surface area (Å²) >= 11 is 0. The van der Waals surface area contributed by atoms with Crippen LogP contribution in [-0.4, -0.2) is 11.1 Å². The Kier molecular flexibility index (Phi) is 5.70. The first-order chi connectivity index (χ1) is 13.4. The number of aliphatic carboxylic acids is 1. The maximum Gasteiger partial charge on any atom is 0.303 e. The Hall–Kier alpha value is -3.26. The van der Waals surface area contributed by atoms with Crippen LogP contribution in [0.4, 0.5) is 0 Å². The maximum absolute atomic E-state index is 10.8. The molecule has 0 saturated carbocycles. The number of rotatable bonds is 7. The zero-order chi connectivity index (χ0) is 20.3. The summed E-state index contributed by atoms with van der Waals surface area (Å²) in [6.07, 6.45) is 1.39. The molecule has 3 rings (SSSR count). The van der Waals surface area contributed by atoms with Gasteiger partial charge in [0.1, 0.15) is 23.7 Å². The van der Waals surface area contributed by atoms with E-state index < -0.39 is 5.97 Å². The highest BCUT2D eigenvalue weighted by Gasteiger charge is 2.13. The molecule has 0 radical (unpaired) electrons. The Balaban J connectivity index is 1.86. The van der Waals surface area contributed by atoms with Crippen molar-refractivity contribution in [2.45, 2.75) is 46.6 Å². The van der Waals surface area contributed by atoms with Gasteiger partial charge in [0.15, 0.2) is 0 Å². The van der Waals surface area contributed by atoms with E-state index in [0.717, 1.165) is 51.2 Å². The summed E-state index contributed by atoms with van der Waals surface area (Å²) in [6, 6.07) is 11.6. The van der Waals surface area contributed by atoms with E-state index in [9.17, 15) is 10.1 Å². The van der Waals surface area contributed by atoms with E-state index in [1.165, 1.54) is 0 Å². The number of nitriles is 1. The van der Waals surface area contributed by atoms with E-state index in [4.69, 9.17) is 14.3 Å². The molecule has 5 nitrogen and oxygen atoms in total. The van der Waals surface area contributed by atoms with Crippen molar-refractivity contribution >= 4 is 16.9 Å². The van der Waals surface area contributed by atoms with Gasteiger partial charge in [-0.25, -0.2) is 0 Å². The topological polar surface area (TPSA) is 83.5 Å². The number of fused-ring (bicyclic) bond motifs is 1. The van der Waals surface area contributed by atoms with Crippen LogP contribution < -0.4 is 4.74 Å². The largest absolute Gasteiger partial charge is 0.488 e. The van der Waals surface area contributed by atoms with Crippen LogP contribution in [0.1, 0.15) is 46.9 Å². The van der Waals surface area contributed by atoms with Crippen molar-refractivity contribution in [1.29, 1.82) is 5.26 Å². The van der Waals surface area contributed by atoms with Gasteiger partial charge in [-0.3, -0.25) is 4.79 Å². The summed E-state index contributed by atoms with van der Waals surface area (Å²) in [7, 11) is 0. The third-order valence-electron chi connectivity index (χ3n) is 5.06. The number of hydrogen-bond donors (Lipinski definition) is 1. The standard InChI is InChI=1S/C23H23NO4/c1-4-20-11-18-9-16(12-24)10-19(23(18)28-20)13-27-21-7-5-17(6-8-22(25)26)14(2)15(21)3/h5,7,9-11H,4,6,8,13H2,1-3H3,(H,25,26). The van der Waals surface area contributed by atoms with Crippen LogP contribution in [-0.2, 0) is 24.2 Å². The zero-order valence-electron chi connectivity index (χ0n) is 16.3. The lowest BCUT2D eigenvalue weighted by atomic mass is 9.99. The second kappa shape index (κ2) is 8.18. The SMILES string of the molecule is CCc1cc2cc(C#N)cc(COc3ccc(CCC(=O)O)c(C)c3C)c2o1. The van der Waals surface area contributed by atoms with Crippen molar-refractivity contribution in [2.75, 3.05) is 0 Å². The number of carboxylic acids is 1. The minimum Gasteiger partial charge on any atom is -0.488 e. The normalized spacial score (nSPS) is 10.8. The number of nitrogens with zero attached hydrogens (tertiary/aromatic N) is 1. The summed E-state index contributed by atoms with van der Waals surface area (Å²) in [5.74, 6) is 0.819. The lowest BCUT2D eigenvalue weighted by Gasteiger charge is -2.14. The van der Waals surface area contributed by atoms with E-state index in [0.29, 0.717) is 12.0 Å². The summed E-state index contributed by atoms with van der Waals surface area (Å²) in [5, 5.41) is 19.1. The lowest BCUT2D eigenvalue weighted by Crippen LogP contribution is -2.03. The average molecular weight is 377 g/mol. The fourth-order valence-electron chi connectivity index (χ4n) is 3.30. The van der Waals surface area contributed by atoms with Crippen molar-refractivity contribution < 1.29 is 19.1 Å². The van der Waals surface area contributed by atoms with Crippen LogP contribution in [0, 0.1) is 25.2 Å². The van der Waals surface area contributed by atoms with Crippen LogP contribution >= 0.6 is 0 Å². The van der Waals surface area contributed by atoms with E-state index in [1.54, 1.807) is 6.07 Å². The van der Waals surface area contributed by atoms with E-state index >= 15 is 0 Å². The minimum atomic E-state index is -0.802. The van der Waals surface area contributed by atoms with Gasteiger partial charge in [-0.15, -0.1) is 0 Å². The fraction of sp³-hybridized carbons (Fsp3) is 0.304. The molecule has 1 N–H and O–H groups in total. The van der Waals surface area contributed by atoms with Crippen molar-refractivity contribution in [3.8, 4) is 11.8 Å². The van der Waals surface area contributed by atoms with Crippen LogP contribution in [0.15, 0.2) is 34.7 Å². The Bertz CT molecular complexity index is 1070. The van der Waals surface area contributed by atoms with Crippen molar-refractivity contribution in [1.82, 2.24) is 0 Å². The first-order valence-corrected chi connectivity index (χ1v) is 9.32. The van der Waals surface area contributed by atoms with Gasteiger partial charge in [0, 0.05) is 23.8 Å². The number of aryl methyl sites for hydroxylation is 2. The molecule has 0 bridgehead atoms. The molecule has 5 heteroatoms. The van der Waals surface area contributed by atoms with Crippen LogP contribution in [0.25, 0.3) is 11.0 Å². The van der Waals surface area contributed by atoms with E-state index in [2.05, 4.69) is 6.07 Å². The lowest BCUT2D eigenvalue weighted by molar-refractivity contribution is -0.136. The molecule has 1 heterocycles. The zero-order valence-corrected chi connectivity index (χ0v) is 16.3. The molecule has 0 atom stereocenters. The summed E-state index contributed by atoms with van der Waals surface area (Å²) in [6.45, 7) is 6.26. The molecule has 2 aromatic carbocycles. The molecule has 0 aliphatic heterocycles. The molecule has 0 saturated heterocycles. The highest BCUT2D eigenvalue weighted by atomic mass is 16.5. The Labute approximate surface area is 164 Å². The summed E-state index contributed by atoms with van der Waals surface area (Å²) < 4.78 is 12.0. The smallest absolute Gasteiger partial charge is 0.303 e. The predicted molar refractivity (Wildman–Crippen MR) is 107 cm³/mol. The second-order valence-electron chi connectivity index (χ2n) is 6.89. The van der Waals surface area contributed by atoms with Crippen LogP contribution in [0.2, 0.25) is 0 Å². The Morgan fingerprint density at radius 1 is 1.18 bits per heavy atom. The number of carbonyl (C=O) groups is 1. The molecular formula is C23H23NO4. The number of carboxylic acid groups (broad SMARTS) is 1. The van der Waals surface area contributed by atoms with Crippen LogP contribution in [0.3, 0.4) is 0 Å². The molecule has 28 heavy (non-hydrogen) atoms. The molecule has 0 aliphatic rings. The molecule has 144 valence electrons. The highest BCUT2D eigenvalue weighted by molar-refractivity contribution is 5.83. The maximum atomic E-state index is 10.8. The van der Waals surface area contributed by atoms with Crippen LogP contribution in [0.5, 0.6) is 5.75 Å². The summed E-state index contributed by atoms with van der Waals surface area (Å²) in [4.78, 5) is 10.8. The number of benzene rings is 2. The number of furan rings is 1. The van der Waals surface area contributed by atoms with Crippen molar-refractivity contribution in [2.24, 2.45) is 0 Å². The quantitative estimate of drug-likeness (QED) is 0.621. The Morgan fingerprint density at radius 2 is 1.96 bits per heavy atom. The highest BCUT2D eigenvalue weighted by Crippen LogP contribution is 2.29. The van der Waals surface area contributed by atoms with Crippen molar-refractivity contribution in [3.63, 3.8) is 0 Å². The molecule has 0 unspecified atom stereocenters. The Morgan fingerprint density at radius 3 is 2.64 bits per heavy atom. The monoisotopic (exact) mass is 377 g/mol. The molecule has 0 spiro atoms. The third kappa shape index (κ3) is 4.01. The van der Waals surface area contributed by atoms with Gasteiger partial charge >= 0.3 is 5.97 Å². The fourth-order valence-corrected chi connectivity index (χ4v) is 3.30. The molecule has 0 aliphatic carbocycles. The first kappa shape index (κ1) is 19.5. The molecule has 3 aromatic rings. The van der Waals surface area contributed by atoms with E-state index in [1.807, 2.05) is 45.0 Å².